The molecule has 0 aromatic heterocycles. The van der Waals surface area contributed by atoms with E-state index in [1.807, 2.05) is 0 Å². The van der Waals surface area contributed by atoms with E-state index in [0.717, 1.165) is 24.3 Å². The van der Waals surface area contributed by atoms with E-state index >= 15 is 0 Å². The molecule has 1 N–H and O–H groups in total. The Kier molecular flexibility index (Phi) is 4.27. The highest BCUT2D eigenvalue weighted by Gasteiger charge is 2.17. The maximum absolute atomic E-state index is 13.6. The van der Waals surface area contributed by atoms with Gasteiger partial charge in [-0.2, -0.15) is 0 Å². The predicted octanol–water partition coefficient (Wildman–Crippen LogP) is 3.89. The number of carbonyl (C=O) groups is 1. The molecule has 0 saturated carbocycles. The van der Waals surface area contributed by atoms with Crippen LogP contribution >= 0.6 is 15.9 Å². The van der Waals surface area contributed by atoms with Crippen LogP contribution in [0.25, 0.3) is 0 Å². The van der Waals surface area contributed by atoms with Gasteiger partial charge in [0.2, 0.25) is 0 Å². The van der Waals surface area contributed by atoms with E-state index in [4.69, 9.17) is 0 Å². The van der Waals surface area contributed by atoms with E-state index in [-0.39, 0.29) is 10.2 Å². The topological polar surface area (TPSA) is 72.2 Å². The number of nitro benzene ring substituents is 1. The van der Waals surface area contributed by atoms with Gasteiger partial charge in [0.1, 0.15) is 11.6 Å². The average molecular weight is 357 g/mol. The lowest BCUT2D eigenvalue weighted by atomic mass is 10.1. The van der Waals surface area contributed by atoms with Gasteiger partial charge in [-0.1, -0.05) is 0 Å². The van der Waals surface area contributed by atoms with Crippen molar-refractivity contribution in [3.05, 3.63) is 68.2 Å². The van der Waals surface area contributed by atoms with Gasteiger partial charge in [-0.15, -0.1) is 0 Å². The molecule has 5 nitrogen and oxygen atoms in total. The fourth-order valence-electron chi connectivity index (χ4n) is 1.57. The number of non-ortho nitro benzene ring substituents is 1. The number of amides is 1. The number of carbonyl (C=O) groups excluding carboxylic acids is 1. The van der Waals surface area contributed by atoms with Crippen molar-refractivity contribution in [2.45, 2.75) is 0 Å². The van der Waals surface area contributed by atoms with Gasteiger partial charge < -0.3 is 5.32 Å². The Morgan fingerprint density at radius 1 is 1.14 bits per heavy atom. The number of halogens is 3. The van der Waals surface area contributed by atoms with Crippen molar-refractivity contribution in [1.29, 1.82) is 0 Å². The molecule has 0 radical (unpaired) electrons. The maximum atomic E-state index is 13.6. The van der Waals surface area contributed by atoms with Gasteiger partial charge in [0.05, 0.1) is 15.0 Å². The van der Waals surface area contributed by atoms with Crippen molar-refractivity contribution in [3.8, 4) is 0 Å². The predicted molar refractivity (Wildman–Crippen MR) is 75.1 cm³/mol. The van der Waals surface area contributed by atoms with E-state index in [1.54, 1.807) is 0 Å². The first-order valence-electron chi connectivity index (χ1n) is 5.59. The second kappa shape index (κ2) is 5.96. The molecule has 2 aromatic carbocycles. The van der Waals surface area contributed by atoms with Gasteiger partial charge in [-0.05, 0) is 40.2 Å². The summed E-state index contributed by atoms with van der Waals surface area (Å²) in [6, 6.07) is 6.41. The summed E-state index contributed by atoms with van der Waals surface area (Å²) in [4.78, 5) is 21.8. The Morgan fingerprint density at radius 3 is 2.48 bits per heavy atom. The molecule has 0 aliphatic carbocycles. The Bertz CT molecular complexity index is 737. The highest BCUT2D eigenvalue weighted by Crippen LogP contribution is 2.21. The molecule has 0 unspecified atom stereocenters. The number of nitro groups is 1. The first-order valence-corrected chi connectivity index (χ1v) is 6.38. The standard InChI is InChI=1S/C13H7BrF2N2O3/c14-10-3-1-7(5-12(10)16)17-13(19)9-6-8(18(20)21)2-4-11(9)15/h1-6H,(H,17,19). The zero-order chi connectivity index (χ0) is 15.6. The number of hydrogen-bond acceptors (Lipinski definition) is 3. The number of nitrogens with one attached hydrogen (secondary N) is 1. The average Bonchev–Trinajstić information content (AvgIpc) is 2.43. The zero-order valence-corrected chi connectivity index (χ0v) is 11.9. The van der Waals surface area contributed by atoms with Crippen LogP contribution < -0.4 is 5.32 Å². The third kappa shape index (κ3) is 3.40. The minimum atomic E-state index is -0.907. The van der Waals surface area contributed by atoms with Crippen molar-refractivity contribution >= 4 is 33.2 Å². The van der Waals surface area contributed by atoms with Crippen LogP contribution in [0.1, 0.15) is 10.4 Å². The second-order valence-electron chi connectivity index (χ2n) is 4.00. The van der Waals surface area contributed by atoms with Crippen LogP contribution in [0.3, 0.4) is 0 Å². The molecule has 2 aromatic rings. The monoisotopic (exact) mass is 356 g/mol. The Morgan fingerprint density at radius 2 is 1.86 bits per heavy atom. The molecular formula is C13H7BrF2N2O3. The van der Waals surface area contributed by atoms with Gasteiger partial charge in [-0.25, -0.2) is 8.78 Å². The van der Waals surface area contributed by atoms with Gasteiger partial charge >= 0.3 is 0 Å². The van der Waals surface area contributed by atoms with Crippen LogP contribution in [-0.4, -0.2) is 10.8 Å². The minimum absolute atomic E-state index is 0.103. The van der Waals surface area contributed by atoms with Gasteiger partial charge in [0, 0.05) is 17.8 Å². The first-order chi connectivity index (χ1) is 9.88. The number of rotatable bonds is 3. The second-order valence-corrected chi connectivity index (χ2v) is 4.86. The number of hydrogen-bond donors (Lipinski definition) is 1. The van der Waals surface area contributed by atoms with Crippen LogP contribution in [0, 0.1) is 21.7 Å². The molecule has 108 valence electrons. The summed E-state index contributed by atoms with van der Waals surface area (Å²) in [7, 11) is 0. The molecule has 0 bridgehead atoms. The Balaban J connectivity index is 2.29. The number of benzene rings is 2. The zero-order valence-electron chi connectivity index (χ0n) is 10.3. The van der Waals surface area contributed by atoms with Crippen molar-refractivity contribution < 1.29 is 18.5 Å². The van der Waals surface area contributed by atoms with Gasteiger partial charge in [0.25, 0.3) is 11.6 Å². The lowest BCUT2D eigenvalue weighted by Crippen LogP contribution is -2.14. The molecule has 0 spiro atoms. The Labute approximate surface area is 125 Å². The third-order valence-corrected chi connectivity index (χ3v) is 3.23. The largest absolute Gasteiger partial charge is 0.322 e. The smallest absolute Gasteiger partial charge is 0.270 e. The fraction of sp³-hybridized carbons (Fsp3) is 0. The van der Waals surface area contributed by atoms with Crippen LogP contribution in [0.5, 0.6) is 0 Å². The van der Waals surface area contributed by atoms with Crippen LogP contribution in [-0.2, 0) is 0 Å². The van der Waals surface area contributed by atoms with Gasteiger partial charge in [-0.3, -0.25) is 14.9 Å². The van der Waals surface area contributed by atoms with Crippen LogP contribution in [0.2, 0.25) is 0 Å². The summed E-state index contributed by atoms with van der Waals surface area (Å²) in [5.41, 5.74) is -0.803. The SMILES string of the molecule is O=C(Nc1ccc(Br)c(F)c1)c1cc([N+](=O)[O-])ccc1F. The molecule has 2 rings (SSSR count). The summed E-state index contributed by atoms with van der Waals surface area (Å²) >= 11 is 2.95. The minimum Gasteiger partial charge on any atom is -0.322 e. The molecule has 21 heavy (non-hydrogen) atoms. The van der Waals surface area contributed by atoms with E-state index in [2.05, 4.69) is 21.2 Å². The van der Waals surface area contributed by atoms with E-state index in [9.17, 15) is 23.7 Å². The summed E-state index contributed by atoms with van der Waals surface area (Å²) in [6.07, 6.45) is 0. The summed E-state index contributed by atoms with van der Waals surface area (Å²) in [5.74, 6) is -2.42. The highest BCUT2D eigenvalue weighted by atomic mass is 79.9. The van der Waals surface area contributed by atoms with E-state index in [0.29, 0.717) is 0 Å². The fourth-order valence-corrected chi connectivity index (χ4v) is 1.82. The summed E-state index contributed by atoms with van der Waals surface area (Å²) in [6.45, 7) is 0. The Hall–Kier alpha value is -2.35. The van der Waals surface area contributed by atoms with Crippen LogP contribution in [0.4, 0.5) is 20.2 Å². The maximum Gasteiger partial charge on any atom is 0.270 e. The number of anilines is 1. The lowest BCUT2D eigenvalue weighted by molar-refractivity contribution is -0.384. The normalized spacial score (nSPS) is 10.2. The molecule has 0 heterocycles. The molecule has 1 amide bonds. The summed E-state index contributed by atoms with van der Waals surface area (Å²) in [5, 5.41) is 12.9. The van der Waals surface area contributed by atoms with E-state index < -0.39 is 33.7 Å². The molecule has 0 aliphatic heterocycles. The van der Waals surface area contributed by atoms with Crippen LogP contribution in [0.15, 0.2) is 40.9 Å². The van der Waals surface area contributed by atoms with Crippen molar-refractivity contribution in [3.63, 3.8) is 0 Å². The van der Waals surface area contributed by atoms with Crippen molar-refractivity contribution in [1.82, 2.24) is 0 Å². The molecule has 0 fully saturated rings. The molecule has 8 heteroatoms. The molecule has 0 saturated heterocycles. The lowest BCUT2D eigenvalue weighted by Gasteiger charge is -2.07. The molecular weight excluding hydrogens is 350 g/mol. The highest BCUT2D eigenvalue weighted by molar-refractivity contribution is 9.10. The molecule has 0 aliphatic rings. The number of nitrogens with zero attached hydrogens (tertiary/aromatic N) is 1. The quantitative estimate of drug-likeness (QED) is 0.669. The molecule has 0 atom stereocenters. The van der Waals surface area contributed by atoms with Crippen molar-refractivity contribution in [2.75, 3.05) is 5.32 Å². The third-order valence-electron chi connectivity index (χ3n) is 2.58. The summed E-state index contributed by atoms with van der Waals surface area (Å²) < 4.78 is 27.1. The first kappa shape index (κ1) is 15.0. The van der Waals surface area contributed by atoms with Crippen molar-refractivity contribution in [2.24, 2.45) is 0 Å². The van der Waals surface area contributed by atoms with E-state index in [1.165, 1.54) is 12.1 Å². The van der Waals surface area contributed by atoms with Gasteiger partial charge in [0.15, 0.2) is 0 Å².